The van der Waals surface area contributed by atoms with Crippen molar-refractivity contribution >= 4 is 5.91 Å². The van der Waals surface area contributed by atoms with Crippen LogP contribution in [0.5, 0.6) is 0 Å². The van der Waals surface area contributed by atoms with E-state index in [1.807, 2.05) is 30.3 Å². The summed E-state index contributed by atoms with van der Waals surface area (Å²) in [4.78, 5) is 14.9. The number of nitrogens with zero attached hydrogens (tertiary/aromatic N) is 1. The number of carbonyl (C=O) groups is 1. The summed E-state index contributed by atoms with van der Waals surface area (Å²) in [7, 11) is 0. The molecule has 30 heavy (non-hydrogen) atoms. The maximum Gasteiger partial charge on any atom is 0.254 e. The molecule has 1 heterocycles. The maximum absolute atomic E-state index is 14.5. The fourth-order valence-electron chi connectivity index (χ4n) is 3.94. The summed E-state index contributed by atoms with van der Waals surface area (Å²) in [6.45, 7) is 3.87. The normalized spacial score (nSPS) is 14.0. The van der Waals surface area contributed by atoms with Gasteiger partial charge in [-0.2, -0.15) is 0 Å². The molecule has 0 bridgehead atoms. The highest BCUT2D eigenvalue weighted by atomic mass is 19.1. The molecule has 0 spiro atoms. The summed E-state index contributed by atoms with van der Waals surface area (Å²) in [5.74, 6) is -0.877. The van der Waals surface area contributed by atoms with E-state index in [0.717, 1.165) is 24.1 Å². The summed E-state index contributed by atoms with van der Waals surface area (Å²) < 4.78 is 14.5. The molecule has 0 aliphatic carbocycles. The van der Waals surface area contributed by atoms with Gasteiger partial charge < -0.3 is 5.32 Å². The second-order valence-electron chi connectivity index (χ2n) is 7.87. The Morgan fingerprint density at radius 3 is 2.27 bits per heavy atom. The van der Waals surface area contributed by atoms with Crippen molar-refractivity contribution in [2.24, 2.45) is 0 Å². The summed E-state index contributed by atoms with van der Waals surface area (Å²) >= 11 is 0. The van der Waals surface area contributed by atoms with Gasteiger partial charge in [-0.1, -0.05) is 60.7 Å². The Morgan fingerprint density at radius 1 is 0.867 bits per heavy atom. The van der Waals surface area contributed by atoms with Gasteiger partial charge in [0.2, 0.25) is 0 Å². The zero-order chi connectivity index (χ0) is 20.8. The van der Waals surface area contributed by atoms with Gasteiger partial charge in [-0.3, -0.25) is 9.69 Å². The molecule has 0 radical (unpaired) electrons. The van der Waals surface area contributed by atoms with Crippen LogP contribution in [0.1, 0.15) is 34.3 Å². The zero-order valence-corrected chi connectivity index (χ0v) is 17.1. The van der Waals surface area contributed by atoms with Gasteiger partial charge in [0, 0.05) is 13.1 Å². The average molecular weight is 403 g/mol. The van der Waals surface area contributed by atoms with E-state index in [1.165, 1.54) is 43.1 Å². The van der Waals surface area contributed by atoms with E-state index in [2.05, 4.69) is 34.5 Å². The lowest BCUT2D eigenvalue weighted by molar-refractivity contribution is 0.0950. The average Bonchev–Trinajstić information content (AvgIpc) is 3.28. The van der Waals surface area contributed by atoms with Crippen molar-refractivity contribution in [3.05, 3.63) is 95.3 Å². The summed E-state index contributed by atoms with van der Waals surface area (Å²) in [5.41, 5.74) is 4.26. The zero-order valence-electron chi connectivity index (χ0n) is 17.1. The second-order valence-corrected chi connectivity index (χ2v) is 7.87. The molecule has 1 aliphatic rings. The number of amides is 1. The molecule has 0 atom stereocenters. The molecule has 4 rings (SSSR count). The molecule has 1 aliphatic heterocycles. The van der Waals surface area contributed by atoms with E-state index in [4.69, 9.17) is 0 Å². The van der Waals surface area contributed by atoms with Crippen molar-refractivity contribution in [3.63, 3.8) is 0 Å². The van der Waals surface area contributed by atoms with Crippen LogP contribution in [0.2, 0.25) is 0 Å². The third-order valence-corrected chi connectivity index (χ3v) is 5.65. The van der Waals surface area contributed by atoms with Gasteiger partial charge in [0.15, 0.2) is 0 Å². The Bertz CT molecular complexity index is 980. The highest BCUT2D eigenvalue weighted by molar-refractivity contribution is 5.95. The molecular weight excluding hydrogens is 375 g/mol. The summed E-state index contributed by atoms with van der Waals surface area (Å²) in [6, 6.07) is 22.9. The first kappa shape index (κ1) is 20.3. The molecule has 3 aromatic carbocycles. The Morgan fingerprint density at radius 2 is 1.57 bits per heavy atom. The molecule has 0 unspecified atom stereocenters. The molecule has 154 valence electrons. The Hall–Kier alpha value is -2.98. The standard InChI is InChI=1S/C26H27FN2O/c27-25-18-23(22-6-2-1-3-7-22)12-13-24(25)26(30)28-15-14-20-8-10-21(11-9-20)19-29-16-4-5-17-29/h1-3,6-13,18H,4-5,14-17,19H2,(H,28,30). The minimum Gasteiger partial charge on any atom is -0.352 e. The van der Waals surface area contributed by atoms with Crippen LogP contribution in [0.3, 0.4) is 0 Å². The van der Waals surface area contributed by atoms with Crippen LogP contribution in [0.4, 0.5) is 4.39 Å². The van der Waals surface area contributed by atoms with E-state index in [1.54, 1.807) is 12.1 Å². The molecule has 0 aromatic heterocycles. The van der Waals surface area contributed by atoms with Crippen molar-refractivity contribution in [1.29, 1.82) is 0 Å². The lowest BCUT2D eigenvalue weighted by Gasteiger charge is -2.14. The largest absolute Gasteiger partial charge is 0.352 e. The van der Waals surface area contributed by atoms with E-state index in [-0.39, 0.29) is 11.5 Å². The third-order valence-electron chi connectivity index (χ3n) is 5.65. The van der Waals surface area contributed by atoms with Crippen LogP contribution in [0.25, 0.3) is 11.1 Å². The maximum atomic E-state index is 14.5. The number of benzene rings is 3. The van der Waals surface area contributed by atoms with Gasteiger partial charge in [-0.15, -0.1) is 0 Å². The van der Waals surface area contributed by atoms with Crippen LogP contribution in [-0.4, -0.2) is 30.4 Å². The van der Waals surface area contributed by atoms with Crippen LogP contribution in [0.15, 0.2) is 72.8 Å². The van der Waals surface area contributed by atoms with Crippen molar-refractivity contribution in [1.82, 2.24) is 10.2 Å². The van der Waals surface area contributed by atoms with E-state index in [9.17, 15) is 9.18 Å². The molecule has 1 amide bonds. The fraction of sp³-hybridized carbons (Fsp3) is 0.269. The number of carbonyl (C=O) groups excluding carboxylic acids is 1. The lowest BCUT2D eigenvalue weighted by atomic mass is 10.0. The van der Waals surface area contributed by atoms with Gasteiger partial charge in [-0.25, -0.2) is 4.39 Å². The van der Waals surface area contributed by atoms with Crippen LogP contribution in [-0.2, 0) is 13.0 Å². The molecular formula is C26H27FN2O. The SMILES string of the molecule is O=C(NCCc1ccc(CN2CCCC2)cc1)c1ccc(-c2ccccc2)cc1F. The van der Waals surface area contributed by atoms with E-state index in [0.29, 0.717) is 6.54 Å². The van der Waals surface area contributed by atoms with Gasteiger partial charge in [0.05, 0.1) is 5.56 Å². The fourth-order valence-corrected chi connectivity index (χ4v) is 3.94. The second kappa shape index (κ2) is 9.68. The monoisotopic (exact) mass is 402 g/mol. The molecule has 1 N–H and O–H groups in total. The van der Waals surface area contributed by atoms with Crippen LogP contribution in [0, 0.1) is 5.82 Å². The van der Waals surface area contributed by atoms with Crippen molar-refractivity contribution in [2.45, 2.75) is 25.8 Å². The molecule has 0 saturated carbocycles. The number of hydrogen-bond donors (Lipinski definition) is 1. The number of likely N-dealkylation sites (tertiary alicyclic amines) is 1. The van der Waals surface area contributed by atoms with Crippen molar-refractivity contribution in [2.75, 3.05) is 19.6 Å². The minimum absolute atomic E-state index is 0.0793. The van der Waals surface area contributed by atoms with Crippen LogP contribution >= 0.6 is 0 Å². The summed E-state index contributed by atoms with van der Waals surface area (Å²) in [6.07, 6.45) is 3.32. The third kappa shape index (κ3) is 5.14. The number of nitrogens with one attached hydrogen (secondary N) is 1. The lowest BCUT2D eigenvalue weighted by Crippen LogP contribution is -2.26. The Labute approximate surface area is 177 Å². The number of halogens is 1. The van der Waals surface area contributed by atoms with E-state index < -0.39 is 5.82 Å². The van der Waals surface area contributed by atoms with Crippen LogP contribution < -0.4 is 5.32 Å². The predicted octanol–water partition coefficient (Wildman–Crippen LogP) is 5.06. The quantitative estimate of drug-likeness (QED) is 0.599. The first-order valence-electron chi connectivity index (χ1n) is 10.6. The molecule has 1 saturated heterocycles. The number of hydrogen-bond acceptors (Lipinski definition) is 2. The van der Waals surface area contributed by atoms with Crippen molar-refractivity contribution < 1.29 is 9.18 Å². The smallest absolute Gasteiger partial charge is 0.254 e. The Kier molecular flexibility index (Phi) is 6.55. The predicted molar refractivity (Wildman–Crippen MR) is 119 cm³/mol. The highest BCUT2D eigenvalue weighted by Gasteiger charge is 2.13. The summed E-state index contributed by atoms with van der Waals surface area (Å²) in [5, 5.41) is 2.83. The first-order chi connectivity index (χ1) is 14.7. The van der Waals surface area contributed by atoms with Gasteiger partial charge in [0.1, 0.15) is 5.82 Å². The minimum atomic E-state index is -0.500. The highest BCUT2D eigenvalue weighted by Crippen LogP contribution is 2.21. The molecule has 3 aromatic rings. The first-order valence-corrected chi connectivity index (χ1v) is 10.6. The molecule has 3 nitrogen and oxygen atoms in total. The number of rotatable bonds is 7. The molecule has 1 fully saturated rings. The molecule has 4 heteroatoms. The topological polar surface area (TPSA) is 32.3 Å². The van der Waals surface area contributed by atoms with Gasteiger partial charge in [-0.05, 0) is 66.7 Å². The van der Waals surface area contributed by atoms with E-state index >= 15 is 0 Å². The Balaban J connectivity index is 1.29. The van der Waals surface area contributed by atoms with Gasteiger partial charge in [0.25, 0.3) is 5.91 Å². The van der Waals surface area contributed by atoms with Crippen molar-refractivity contribution in [3.8, 4) is 11.1 Å². The van der Waals surface area contributed by atoms with Gasteiger partial charge >= 0.3 is 0 Å².